The van der Waals surface area contributed by atoms with Gasteiger partial charge in [0.25, 0.3) is 0 Å². The van der Waals surface area contributed by atoms with Gasteiger partial charge < -0.3 is 48.7 Å². The fourth-order valence-electron chi connectivity index (χ4n) is 11.2. The van der Waals surface area contributed by atoms with E-state index in [1.807, 2.05) is 12.2 Å². The number of nitrogens with one attached hydrogen (secondary N) is 1. The molecule has 0 aromatic heterocycles. The zero-order valence-electron chi connectivity index (χ0n) is 37.6. The van der Waals surface area contributed by atoms with Crippen LogP contribution in [0.1, 0.15) is 102 Å². The van der Waals surface area contributed by atoms with Gasteiger partial charge in [0.2, 0.25) is 0 Å². The Morgan fingerprint density at radius 2 is 1.59 bits per heavy atom. The first kappa shape index (κ1) is 47.0. The predicted octanol–water partition coefficient (Wildman–Crippen LogP) is 5.66. The molecule has 1 aliphatic heterocycles. The molecule has 2 unspecified atom stereocenters. The summed E-state index contributed by atoms with van der Waals surface area (Å²) in [4.78, 5) is 70.9. The van der Waals surface area contributed by atoms with Gasteiger partial charge in [0.15, 0.2) is 17.5 Å². The quantitative estimate of drug-likeness (QED) is 0.142. The van der Waals surface area contributed by atoms with E-state index >= 15 is 4.79 Å². The molecule has 2 aromatic carbocycles. The summed E-state index contributed by atoms with van der Waals surface area (Å²) in [6, 6.07) is 15.2. The van der Waals surface area contributed by atoms with E-state index in [4.69, 9.17) is 33.2 Å². The summed E-state index contributed by atoms with van der Waals surface area (Å²) >= 11 is 0. The summed E-state index contributed by atoms with van der Waals surface area (Å²) in [5.41, 5.74) is -5.80. The van der Waals surface area contributed by atoms with Crippen molar-refractivity contribution in [1.29, 1.82) is 0 Å². The van der Waals surface area contributed by atoms with Crippen LogP contribution in [-0.2, 0) is 47.5 Å². The Bertz CT molecular complexity index is 2140. The maximum absolute atomic E-state index is 15.6. The lowest BCUT2D eigenvalue weighted by molar-refractivity contribution is -0.347. The number of carbonyl (C=O) groups is 5. The minimum Gasteiger partial charge on any atom is -0.456 e. The Kier molecular flexibility index (Phi) is 13.6. The number of aliphatic hydroxyl groups is 2. The molecule has 1 amide bonds. The number of fused-ring (bicyclic) bond motifs is 5. The number of Topliss-reactive ketones (excluding diaryl/α,β-unsaturated/α-hetero) is 1. The normalized spacial score (nSPS) is 34.6. The molecule has 2 bridgehead atoms. The first-order valence-corrected chi connectivity index (χ1v) is 22.1. The minimum absolute atomic E-state index is 0.123. The molecule has 2 saturated carbocycles. The Labute approximate surface area is 373 Å². The van der Waals surface area contributed by atoms with Gasteiger partial charge in [-0.15, -0.1) is 0 Å². The number of methoxy groups -OCH3 is 2. The minimum atomic E-state index is -2.22. The average Bonchev–Trinajstić information content (AvgIpc) is 3.25. The van der Waals surface area contributed by atoms with E-state index < -0.39 is 113 Å². The van der Waals surface area contributed by atoms with Gasteiger partial charge in [0.1, 0.15) is 36.1 Å². The molecule has 3 fully saturated rings. The number of hydrogen-bond acceptors (Lipinski definition) is 14. The lowest BCUT2D eigenvalue weighted by Gasteiger charge is -2.67. The zero-order valence-corrected chi connectivity index (χ0v) is 37.6. The summed E-state index contributed by atoms with van der Waals surface area (Å²) in [6.07, 6.45) is -1.54. The number of esters is 3. The van der Waals surface area contributed by atoms with E-state index in [-0.39, 0.29) is 24.2 Å². The first-order valence-electron chi connectivity index (χ1n) is 22.1. The third-order valence-electron chi connectivity index (χ3n) is 14.6. The van der Waals surface area contributed by atoms with Crippen molar-refractivity contribution in [3.05, 3.63) is 95.1 Å². The maximum atomic E-state index is 15.6. The van der Waals surface area contributed by atoms with Gasteiger partial charge in [0, 0.05) is 39.4 Å². The van der Waals surface area contributed by atoms with E-state index in [1.54, 1.807) is 88.4 Å². The van der Waals surface area contributed by atoms with E-state index in [9.17, 15) is 29.4 Å². The molecule has 7 rings (SSSR count). The highest BCUT2D eigenvalue weighted by molar-refractivity contribution is 5.94. The Morgan fingerprint density at radius 3 is 2.22 bits per heavy atom. The standard InChI is InChI=1S/C49H61NO14/c1-28-33(62-44(55)38(52)37(30-19-13-11-14-20-30)50-45(56)61-32-23-17-9-8-10-18-24-32)26-49(57)42(63-43(54)31-21-15-12-16-22-31)40-47(5,41(53)39(59-7)36(28)46(49,3)4)34(58-6)25-35-48(40,27-60-35)64-29(2)51/h11-17,19-23,32-35,37-40,42,52,57H,8-10,18,24-27H2,1-7H3,(H,50,56)/b23-17+/t32?,33-,34-,35+,37-,38+,39+,40?,42-,47+,48-,49+/m0/s1. The molecular formula is C49H61NO14. The van der Waals surface area contributed by atoms with Crippen molar-refractivity contribution >= 4 is 29.8 Å². The Hall–Kier alpha value is -4.93. The highest BCUT2D eigenvalue weighted by atomic mass is 16.6. The third kappa shape index (κ3) is 8.18. The van der Waals surface area contributed by atoms with Crippen molar-refractivity contribution in [3.63, 3.8) is 0 Å². The van der Waals surface area contributed by atoms with Gasteiger partial charge in [-0.05, 0) is 74.4 Å². The average molecular weight is 888 g/mol. The second-order valence-electron chi connectivity index (χ2n) is 18.5. The molecule has 12 atom stereocenters. The van der Waals surface area contributed by atoms with Crippen LogP contribution < -0.4 is 5.32 Å². The van der Waals surface area contributed by atoms with Gasteiger partial charge in [-0.3, -0.25) is 9.59 Å². The Balaban J connectivity index is 1.32. The van der Waals surface area contributed by atoms with E-state index in [1.165, 1.54) is 21.1 Å². The second kappa shape index (κ2) is 18.5. The topological polar surface area (TPSA) is 202 Å². The second-order valence-corrected chi connectivity index (χ2v) is 18.5. The zero-order chi connectivity index (χ0) is 46.2. The molecule has 346 valence electrons. The number of carbonyl (C=O) groups excluding carboxylic acids is 5. The molecule has 1 heterocycles. The van der Waals surface area contributed by atoms with Gasteiger partial charge in [-0.25, -0.2) is 14.4 Å². The number of alkyl carbamates (subject to hydrolysis) is 1. The van der Waals surface area contributed by atoms with Crippen molar-refractivity contribution in [2.75, 3.05) is 20.8 Å². The number of hydrogen-bond donors (Lipinski definition) is 3. The highest BCUT2D eigenvalue weighted by Crippen LogP contribution is 2.64. The number of allylic oxidation sites excluding steroid dienone is 1. The van der Waals surface area contributed by atoms with Crippen molar-refractivity contribution in [2.45, 2.75) is 140 Å². The molecule has 4 aliphatic carbocycles. The molecular weight excluding hydrogens is 827 g/mol. The van der Waals surface area contributed by atoms with Crippen LogP contribution in [0.3, 0.4) is 0 Å². The molecule has 5 aliphatic rings. The molecule has 64 heavy (non-hydrogen) atoms. The van der Waals surface area contributed by atoms with Crippen LogP contribution in [0, 0.1) is 16.7 Å². The molecule has 15 nitrogen and oxygen atoms in total. The largest absolute Gasteiger partial charge is 0.456 e. The fraction of sp³-hybridized carbons (Fsp3) is 0.571. The molecule has 2 aromatic rings. The first-order chi connectivity index (χ1) is 30.4. The van der Waals surface area contributed by atoms with Gasteiger partial charge in [0.05, 0.1) is 35.6 Å². The van der Waals surface area contributed by atoms with Crippen molar-refractivity contribution < 1.29 is 67.3 Å². The van der Waals surface area contributed by atoms with Crippen LogP contribution >= 0.6 is 0 Å². The molecule has 0 radical (unpaired) electrons. The summed E-state index contributed by atoms with van der Waals surface area (Å²) in [5.74, 6) is -4.50. The van der Waals surface area contributed by atoms with Crippen LogP contribution in [-0.4, -0.2) is 115 Å². The number of rotatable bonds is 11. The summed E-state index contributed by atoms with van der Waals surface area (Å²) < 4.78 is 42.9. The van der Waals surface area contributed by atoms with Crippen molar-refractivity contribution in [3.8, 4) is 0 Å². The van der Waals surface area contributed by atoms with E-state index in [0.29, 0.717) is 17.6 Å². The molecule has 15 heteroatoms. The predicted molar refractivity (Wildman–Crippen MR) is 229 cm³/mol. The van der Waals surface area contributed by atoms with E-state index in [0.717, 1.165) is 25.7 Å². The molecule has 0 spiro atoms. The van der Waals surface area contributed by atoms with Gasteiger partial charge in [-0.2, -0.15) is 0 Å². The maximum Gasteiger partial charge on any atom is 0.408 e. The highest BCUT2D eigenvalue weighted by Gasteiger charge is 2.78. The van der Waals surface area contributed by atoms with Crippen LogP contribution in [0.5, 0.6) is 0 Å². The summed E-state index contributed by atoms with van der Waals surface area (Å²) in [5, 5.41) is 28.3. The van der Waals surface area contributed by atoms with Crippen molar-refractivity contribution in [1.82, 2.24) is 5.32 Å². The Morgan fingerprint density at radius 1 is 0.906 bits per heavy atom. The number of benzene rings is 2. The number of ketones is 1. The lowest BCUT2D eigenvalue weighted by Crippen LogP contribution is -2.82. The van der Waals surface area contributed by atoms with Crippen LogP contribution in [0.4, 0.5) is 4.79 Å². The molecule has 3 N–H and O–H groups in total. The number of ether oxygens (including phenoxy) is 7. The van der Waals surface area contributed by atoms with Gasteiger partial charge in [-0.1, -0.05) is 74.9 Å². The lowest BCUT2D eigenvalue weighted by atomic mass is 9.44. The number of amides is 1. The number of aliphatic hydroxyl groups excluding tert-OH is 1. The molecule has 1 saturated heterocycles. The monoisotopic (exact) mass is 887 g/mol. The van der Waals surface area contributed by atoms with E-state index in [2.05, 4.69) is 5.32 Å². The van der Waals surface area contributed by atoms with Crippen LogP contribution in [0.25, 0.3) is 0 Å². The summed E-state index contributed by atoms with van der Waals surface area (Å²) in [6.45, 7) is 7.74. The van der Waals surface area contributed by atoms with Crippen LogP contribution in [0.2, 0.25) is 0 Å². The van der Waals surface area contributed by atoms with Crippen LogP contribution in [0.15, 0.2) is 84.0 Å². The SMILES string of the molecule is CO[C@H]1C(=O)[C@@]2(C)C([C@H](OC(=O)c3ccccc3)[C@]3(O)C[C@H](OC(=O)[C@H](O)[C@@H](NC(=O)OC4/C=C/CCCCC4)c4ccccc4)C(C)=C1C3(C)C)[C@]1(OC(C)=O)CO[C@@H]1C[C@@H]2OC. The third-order valence-corrected chi connectivity index (χ3v) is 14.6. The summed E-state index contributed by atoms with van der Waals surface area (Å²) in [7, 11) is 2.80. The fourth-order valence-corrected chi connectivity index (χ4v) is 11.2. The van der Waals surface area contributed by atoms with Gasteiger partial charge >= 0.3 is 24.0 Å². The smallest absolute Gasteiger partial charge is 0.408 e. The van der Waals surface area contributed by atoms with Crippen molar-refractivity contribution in [2.24, 2.45) is 16.7 Å².